The van der Waals surface area contributed by atoms with Crippen LogP contribution in [0.15, 0.2) is 24.3 Å². The number of para-hydroxylation sites is 1. The monoisotopic (exact) mass is 289 g/mol. The zero-order chi connectivity index (χ0) is 14.8. The second kappa shape index (κ2) is 5.85. The maximum Gasteiger partial charge on any atom is 0.224 e. The average molecular weight is 289 g/mol. The van der Waals surface area contributed by atoms with Crippen molar-refractivity contribution in [2.45, 2.75) is 32.0 Å². The van der Waals surface area contributed by atoms with Crippen molar-refractivity contribution >= 4 is 16.8 Å². The summed E-state index contributed by atoms with van der Waals surface area (Å²) in [4.78, 5) is 15.4. The molecule has 0 spiro atoms. The van der Waals surface area contributed by atoms with Gasteiger partial charge in [0.05, 0.1) is 6.42 Å². The third-order valence-electron chi connectivity index (χ3n) is 4.08. The summed E-state index contributed by atoms with van der Waals surface area (Å²) in [5.74, 6) is -0.0213. The molecule has 0 saturated carbocycles. The van der Waals surface area contributed by atoms with Gasteiger partial charge in [-0.3, -0.25) is 4.79 Å². The fraction of sp³-hybridized carbons (Fsp3) is 0.438. The van der Waals surface area contributed by atoms with Crippen LogP contribution in [0.5, 0.6) is 0 Å². The van der Waals surface area contributed by atoms with E-state index in [2.05, 4.69) is 15.6 Å². The third-order valence-corrected chi connectivity index (χ3v) is 4.08. The summed E-state index contributed by atoms with van der Waals surface area (Å²) in [5, 5.41) is 7.05. The number of alkyl halides is 1. The molecule has 5 heteroatoms. The number of aryl methyl sites for hydroxylation is 1. The lowest BCUT2D eigenvalue weighted by Gasteiger charge is -2.11. The Hall–Kier alpha value is -1.88. The van der Waals surface area contributed by atoms with Gasteiger partial charge in [0.2, 0.25) is 5.91 Å². The van der Waals surface area contributed by atoms with Crippen LogP contribution in [-0.2, 0) is 11.2 Å². The van der Waals surface area contributed by atoms with E-state index in [1.54, 1.807) is 0 Å². The van der Waals surface area contributed by atoms with Gasteiger partial charge < -0.3 is 15.6 Å². The summed E-state index contributed by atoms with van der Waals surface area (Å²) in [7, 11) is 0. The molecule has 3 rings (SSSR count). The minimum absolute atomic E-state index is 0.0213. The van der Waals surface area contributed by atoms with Crippen molar-refractivity contribution < 1.29 is 9.18 Å². The van der Waals surface area contributed by atoms with E-state index < -0.39 is 6.17 Å². The Balaban J connectivity index is 1.62. The lowest BCUT2D eigenvalue weighted by atomic mass is 10.1. The van der Waals surface area contributed by atoms with E-state index in [0.717, 1.165) is 22.2 Å². The lowest BCUT2D eigenvalue weighted by molar-refractivity contribution is -0.120. The summed E-state index contributed by atoms with van der Waals surface area (Å²) in [6.45, 7) is 2.86. The number of rotatable bonds is 4. The molecule has 1 aromatic heterocycles. The van der Waals surface area contributed by atoms with Crippen molar-refractivity contribution in [2.75, 3.05) is 13.1 Å². The normalized spacial score (nSPS) is 21.8. The fourth-order valence-corrected chi connectivity index (χ4v) is 2.95. The van der Waals surface area contributed by atoms with Crippen molar-refractivity contribution in [1.82, 2.24) is 15.6 Å². The Kier molecular flexibility index (Phi) is 3.92. The zero-order valence-corrected chi connectivity index (χ0v) is 12.1. The fourth-order valence-electron chi connectivity index (χ4n) is 2.95. The van der Waals surface area contributed by atoms with E-state index in [9.17, 15) is 9.18 Å². The molecule has 0 aliphatic carbocycles. The number of nitrogens with one attached hydrogen (secondary N) is 3. The standard InChI is InChI=1S/C16H20FN3O/c1-10-14(13-4-2-3-5-15(13)20-10)7-16(21)19-9-12-6-11(17)8-18-12/h2-5,11-12,18,20H,6-9H2,1H3,(H,19,21)/t11-,12-/m0/s1. The molecular weight excluding hydrogens is 269 g/mol. The molecule has 3 N–H and O–H groups in total. The van der Waals surface area contributed by atoms with Gasteiger partial charge in [0.1, 0.15) is 6.17 Å². The number of benzene rings is 1. The van der Waals surface area contributed by atoms with Gasteiger partial charge in [0.25, 0.3) is 0 Å². The molecule has 0 bridgehead atoms. The molecule has 4 nitrogen and oxygen atoms in total. The van der Waals surface area contributed by atoms with Crippen LogP contribution in [0.2, 0.25) is 0 Å². The van der Waals surface area contributed by atoms with Crippen molar-refractivity contribution in [1.29, 1.82) is 0 Å². The summed E-state index contributed by atoms with van der Waals surface area (Å²) >= 11 is 0. The third kappa shape index (κ3) is 3.08. The predicted molar refractivity (Wildman–Crippen MR) is 81.1 cm³/mol. The first-order valence-electron chi connectivity index (χ1n) is 7.34. The molecule has 21 heavy (non-hydrogen) atoms. The molecule has 2 aromatic rings. The van der Waals surface area contributed by atoms with Crippen LogP contribution in [0.4, 0.5) is 4.39 Å². The number of aromatic nitrogens is 1. The van der Waals surface area contributed by atoms with Crippen molar-refractivity contribution in [3.8, 4) is 0 Å². The second-order valence-electron chi connectivity index (χ2n) is 5.69. The van der Waals surface area contributed by atoms with Crippen LogP contribution in [0.3, 0.4) is 0 Å². The zero-order valence-electron chi connectivity index (χ0n) is 12.1. The van der Waals surface area contributed by atoms with Gasteiger partial charge in [0, 0.05) is 35.7 Å². The van der Waals surface area contributed by atoms with E-state index >= 15 is 0 Å². The Morgan fingerprint density at radius 2 is 2.24 bits per heavy atom. The highest BCUT2D eigenvalue weighted by atomic mass is 19.1. The topological polar surface area (TPSA) is 56.9 Å². The number of aromatic amines is 1. The van der Waals surface area contributed by atoms with Crippen LogP contribution < -0.4 is 10.6 Å². The average Bonchev–Trinajstić information content (AvgIpc) is 3.01. The number of carbonyl (C=O) groups excluding carboxylic acids is 1. The van der Waals surface area contributed by atoms with Crippen LogP contribution >= 0.6 is 0 Å². The molecule has 2 atom stereocenters. The van der Waals surface area contributed by atoms with E-state index in [1.165, 1.54) is 0 Å². The van der Waals surface area contributed by atoms with Crippen LogP contribution in [0.25, 0.3) is 10.9 Å². The highest BCUT2D eigenvalue weighted by Gasteiger charge is 2.23. The van der Waals surface area contributed by atoms with Gasteiger partial charge in [0.15, 0.2) is 0 Å². The number of H-pyrrole nitrogens is 1. The first-order valence-corrected chi connectivity index (χ1v) is 7.34. The number of carbonyl (C=O) groups is 1. The van der Waals surface area contributed by atoms with Gasteiger partial charge in [-0.25, -0.2) is 4.39 Å². The van der Waals surface area contributed by atoms with Gasteiger partial charge in [-0.2, -0.15) is 0 Å². The van der Waals surface area contributed by atoms with Gasteiger partial charge in [-0.15, -0.1) is 0 Å². The summed E-state index contributed by atoms with van der Waals surface area (Å²) in [6.07, 6.45) is 0.0383. The molecule has 0 unspecified atom stereocenters. The largest absolute Gasteiger partial charge is 0.358 e. The summed E-state index contributed by atoms with van der Waals surface area (Å²) in [6, 6.07) is 8.02. The molecule has 2 heterocycles. The number of fused-ring (bicyclic) bond motifs is 1. The van der Waals surface area contributed by atoms with E-state index in [4.69, 9.17) is 0 Å². The molecule has 1 aromatic carbocycles. The molecule has 0 radical (unpaired) electrons. The van der Waals surface area contributed by atoms with Crippen LogP contribution in [0, 0.1) is 6.92 Å². The number of hydrogen-bond acceptors (Lipinski definition) is 2. The van der Waals surface area contributed by atoms with E-state index in [0.29, 0.717) is 25.9 Å². The van der Waals surface area contributed by atoms with Crippen molar-refractivity contribution in [2.24, 2.45) is 0 Å². The number of halogens is 1. The van der Waals surface area contributed by atoms with Gasteiger partial charge in [-0.1, -0.05) is 18.2 Å². The molecule has 1 aliphatic heterocycles. The molecule has 1 saturated heterocycles. The smallest absolute Gasteiger partial charge is 0.224 e. The maximum absolute atomic E-state index is 13.1. The van der Waals surface area contributed by atoms with E-state index in [-0.39, 0.29) is 11.9 Å². The lowest BCUT2D eigenvalue weighted by Crippen LogP contribution is -2.37. The Labute approximate surface area is 123 Å². The Bertz CT molecular complexity index is 652. The molecule has 112 valence electrons. The second-order valence-corrected chi connectivity index (χ2v) is 5.69. The van der Waals surface area contributed by atoms with Crippen molar-refractivity contribution in [3.05, 3.63) is 35.5 Å². The molecule has 1 aliphatic rings. The van der Waals surface area contributed by atoms with E-state index in [1.807, 2.05) is 31.2 Å². The predicted octanol–water partition coefficient (Wildman–Crippen LogP) is 1.84. The van der Waals surface area contributed by atoms with Gasteiger partial charge in [-0.05, 0) is 25.0 Å². The maximum atomic E-state index is 13.1. The SMILES string of the molecule is Cc1[nH]c2ccccc2c1CC(=O)NC[C@@H]1C[C@H](F)CN1. The highest BCUT2D eigenvalue weighted by molar-refractivity contribution is 5.90. The number of hydrogen-bond donors (Lipinski definition) is 3. The van der Waals surface area contributed by atoms with Crippen LogP contribution in [-0.4, -0.2) is 36.2 Å². The quantitative estimate of drug-likeness (QED) is 0.804. The minimum Gasteiger partial charge on any atom is -0.358 e. The Morgan fingerprint density at radius 3 is 3.00 bits per heavy atom. The first-order chi connectivity index (χ1) is 10.1. The van der Waals surface area contributed by atoms with Gasteiger partial charge >= 0.3 is 0 Å². The first kappa shape index (κ1) is 14.1. The summed E-state index contributed by atoms with van der Waals surface area (Å²) in [5.41, 5.74) is 3.11. The van der Waals surface area contributed by atoms with Crippen LogP contribution in [0.1, 0.15) is 17.7 Å². The molecule has 1 fully saturated rings. The van der Waals surface area contributed by atoms with Crippen molar-refractivity contribution in [3.63, 3.8) is 0 Å². The Morgan fingerprint density at radius 1 is 1.43 bits per heavy atom. The molecular formula is C16H20FN3O. The minimum atomic E-state index is -0.789. The highest BCUT2D eigenvalue weighted by Crippen LogP contribution is 2.22. The number of amides is 1. The molecule has 1 amide bonds. The summed E-state index contributed by atoms with van der Waals surface area (Å²) < 4.78 is 13.1.